The molecular formula is C31H23N5O5S. The maximum absolute atomic E-state index is 14.1. The van der Waals surface area contributed by atoms with Gasteiger partial charge in [0.2, 0.25) is 0 Å². The summed E-state index contributed by atoms with van der Waals surface area (Å²) in [4.78, 5) is 27.0. The lowest BCUT2D eigenvalue weighted by Crippen LogP contribution is -2.14. The molecule has 0 N–H and O–H groups in total. The number of aldehydes is 1. The van der Waals surface area contributed by atoms with Crippen molar-refractivity contribution < 1.29 is 18.1 Å². The average molecular weight is 578 g/mol. The number of carbonyl (C=O) groups excluding carboxylic acids is 1. The third kappa shape index (κ3) is 4.55. The van der Waals surface area contributed by atoms with E-state index in [1.807, 2.05) is 13.1 Å². The molecule has 0 fully saturated rings. The van der Waals surface area contributed by atoms with Crippen LogP contribution in [0.25, 0.3) is 44.7 Å². The van der Waals surface area contributed by atoms with Crippen LogP contribution in [-0.4, -0.2) is 38.4 Å². The van der Waals surface area contributed by atoms with Crippen molar-refractivity contribution in [3.8, 4) is 33.6 Å². The van der Waals surface area contributed by atoms with Gasteiger partial charge in [-0.25, -0.2) is 17.4 Å². The van der Waals surface area contributed by atoms with Crippen LogP contribution in [0.15, 0.2) is 108 Å². The highest BCUT2D eigenvalue weighted by molar-refractivity contribution is 7.90. The second-order valence-corrected chi connectivity index (χ2v) is 11.3. The number of fused-ring (bicyclic) bond motifs is 1. The van der Waals surface area contributed by atoms with Crippen molar-refractivity contribution in [1.29, 1.82) is 0 Å². The second-order valence-electron chi connectivity index (χ2n) is 9.50. The van der Waals surface area contributed by atoms with Crippen molar-refractivity contribution in [3.63, 3.8) is 0 Å². The molecule has 0 aliphatic heterocycles. The fourth-order valence-corrected chi connectivity index (χ4v) is 6.46. The van der Waals surface area contributed by atoms with Crippen LogP contribution in [0.1, 0.15) is 17.3 Å². The Labute approximate surface area is 240 Å². The Morgan fingerprint density at radius 1 is 0.905 bits per heavy atom. The van der Waals surface area contributed by atoms with E-state index in [1.54, 1.807) is 77.6 Å². The van der Waals surface area contributed by atoms with Gasteiger partial charge in [0.25, 0.3) is 15.7 Å². The maximum atomic E-state index is 14.1. The summed E-state index contributed by atoms with van der Waals surface area (Å²) in [5.41, 5.74) is 4.10. The molecule has 0 atom stereocenters. The van der Waals surface area contributed by atoms with Crippen molar-refractivity contribution in [2.45, 2.75) is 18.4 Å². The van der Waals surface area contributed by atoms with E-state index in [-0.39, 0.29) is 16.2 Å². The zero-order chi connectivity index (χ0) is 29.4. The number of nitro groups is 1. The quantitative estimate of drug-likeness (QED) is 0.119. The molecule has 42 heavy (non-hydrogen) atoms. The van der Waals surface area contributed by atoms with Crippen LogP contribution in [0.4, 0.5) is 5.69 Å². The lowest BCUT2D eigenvalue weighted by atomic mass is 10.00. The molecule has 0 spiro atoms. The summed E-state index contributed by atoms with van der Waals surface area (Å²) in [7, 11) is -4.11. The van der Waals surface area contributed by atoms with Crippen molar-refractivity contribution >= 4 is 33.0 Å². The van der Waals surface area contributed by atoms with Crippen LogP contribution in [0.2, 0.25) is 0 Å². The lowest BCUT2D eigenvalue weighted by molar-refractivity contribution is -0.384. The number of aromatic nitrogens is 4. The van der Waals surface area contributed by atoms with E-state index >= 15 is 0 Å². The first kappa shape index (κ1) is 26.8. The molecule has 6 rings (SSSR count). The third-order valence-electron chi connectivity index (χ3n) is 6.99. The van der Waals surface area contributed by atoms with Gasteiger partial charge in [-0.05, 0) is 55.0 Å². The molecule has 0 aliphatic rings. The predicted molar refractivity (Wildman–Crippen MR) is 159 cm³/mol. The average Bonchev–Trinajstić information content (AvgIpc) is 3.64. The fraction of sp³-hybridized carbons (Fsp3) is 0.0645. The molecule has 0 aliphatic carbocycles. The SMILES string of the molecule is CCn1cc(-c2ccnc3c2cc(-c2cccc(C=O)c2)n3S(=O)(=O)c2ccccc2)c(-c2ccc([N+](=O)[O-])cc2)n1. The Kier molecular flexibility index (Phi) is 6.71. The van der Waals surface area contributed by atoms with Gasteiger partial charge in [0.1, 0.15) is 12.0 Å². The highest BCUT2D eigenvalue weighted by atomic mass is 32.2. The monoisotopic (exact) mass is 577 g/mol. The molecule has 0 radical (unpaired) electrons. The van der Waals surface area contributed by atoms with Crippen LogP contribution in [-0.2, 0) is 16.6 Å². The zero-order valence-corrected chi connectivity index (χ0v) is 23.1. The molecule has 6 aromatic rings. The number of non-ortho nitro benzene ring substituents is 1. The molecule has 3 heterocycles. The van der Waals surface area contributed by atoms with E-state index in [2.05, 4.69) is 4.98 Å². The fourth-order valence-electron chi connectivity index (χ4n) is 4.96. The van der Waals surface area contributed by atoms with Gasteiger partial charge in [-0.1, -0.05) is 36.4 Å². The molecule has 10 nitrogen and oxygen atoms in total. The van der Waals surface area contributed by atoms with Gasteiger partial charge >= 0.3 is 0 Å². The van der Waals surface area contributed by atoms with Crippen LogP contribution >= 0.6 is 0 Å². The van der Waals surface area contributed by atoms with E-state index < -0.39 is 14.9 Å². The van der Waals surface area contributed by atoms with E-state index in [0.717, 1.165) is 0 Å². The molecule has 3 aromatic carbocycles. The molecule has 0 unspecified atom stereocenters. The molecule has 0 amide bonds. The van der Waals surface area contributed by atoms with Gasteiger partial charge in [-0.15, -0.1) is 0 Å². The molecule has 208 valence electrons. The summed E-state index contributed by atoms with van der Waals surface area (Å²) in [5.74, 6) is 0. The number of aryl methyl sites for hydroxylation is 1. The number of nitro benzene ring substituents is 1. The minimum absolute atomic E-state index is 0.0353. The molecule has 0 saturated heterocycles. The van der Waals surface area contributed by atoms with E-state index in [1.165, 1.54) is 28.2 Å². The summed E-state index contributed by atoms with van der Waals surface area (Å²) >= 11 is 0. The van der Waals surface area contributed by atoms with Gasteiger partial charge in [-0.2, -0.15) is 5.10 Å². The largest absolute Gasteiger partial charge is 0.298 e. The highest BCUT2D eigenvalue weighted by Crippen LogP contribution is 2.39. The Morgan fingerprint density at radius 3 is 2.36 bits per heavy atom. The van der Waals surface area contributed by atoms with E-state index in [9.17, 15) is 23.3 Å². The van der Waals surface area contributed by atoms with Gasteiger partial charge in [0.05, 0.1) is 15.5 Å². The first-order valence-corrected chi connectivity index (χ1v) is 14.4. The minimum Gasteiger partial charge on any atom is -0.298 e. The summed E-state index contributed by atoms with van der Waals surface area (Å²) in [6.07, 6.45) is 4.12. The number of nitrogens with zero attached hydrogens (tertiary/aromatic N) is 5. The highest BCUT2D eigenvalue weighted by Gasteiger charge is 2.27. The van der Waals surface area contributed by atoms with Gasteiger partial charge in [-0.3, -0.25) is 19.6 Å². The summed E-state index contributed by atoms with van der Waals surface area (Å²) in [6, 6.07) is 24.5. The third-order valence-corrected chi connectivity index (χ3v) is 8.71. The Bertz CT molecular complexity index is 2080. The smallest absolute Gasteiger partial charge is 0.269 e. The van der Waals surface area contributed by atoms with Crippen LogP contribution < -0.4 is 0 Å². The first-order chi connectivity index (χ1) is 20.3. The zero-order valence-electron chi connectivity index (χ0n) is 22.3. The molecule has 0 saturated carbocycles. The number of carbonyl (C=O) groups is 1. The Balaban J connectivity index is 1.64. The van der Waals surface area contributed by atoms with Gasteiger partial charge < -0.3 is 0 Å². The number of pyridine rings is 1. The molecule has 11 heteroatoms. The van der Waals surface area contributed by atoms with Gasteiger partial charge in [0, 0.05) is 58.7 Å². The summed E-state index contributed by atoms with van der Waals surface area (Å²) in [6.45, 7) is 2.51. The number of rotatable bonds is 8. The standard InChI is InChI=1S/C31H23N5O5S/c1-2-34-19-28(30(33-34)22-11-13-24(14-12-22)36(38)39)26-15-16-32-31-27(26)18-29(23-8-6-7-21(17-23)20-37)35(31)42(40,41)25-9-4-3-5-10-25/h3-20H,2H2,1H3. The van der Waals surface area contributed by atoms with Crippen LogP contribution in [0, 0.1) is 10.1 Å². The second kappa shape index (κ2) is 10.5. The van der Waals surface area contributed by atoms with Crippen molar-refractivity contribution in [1.82, 2.24) is 18.7 Å². The van der Waals surface area contributed by atoms with Crippen molar-refractivity contribution in [2.24, 2.45) is 0 Å². The Morgan fingerprint density at radius 2 is 1.67 bits per heavy atom. The van der Waals surface area contributed by atoms with Crippen molar-refractivity contribution in [3.05, 3.63) is 119 Å². The van der Waals surface area contributed by atoms with Gasteiger partial charge in [0.15, 0.2) is 5.65 Å². The first-order valence-electron chi connectivity index (χ1n) is 13.0. The minimum atomic E-state index is -4.11. The van der Waals surface area contributed by atoms with E-state index in [4.69, 9.17) is 5.10 Å². The summed E-state index contributed by atoms with van der Waals surface area (Å²) in [5, 5.41) is 16.5. The van der Waals surface area contributed by atoms with E-state index in [0.29, 0.717) is 57.4 Å². The number of benzene rings is 3. The molecular weight excluding hydrogens is 554 g/mol. The Hall–Kier alpha value is -5.42. The molecule has 3 aromatic heterocycles. The predicted octanol–water partition coefficient (Wildman–Crippen LogP) is 6.21. The normalized spacial score (nSPS) is 11.5. The maximum Gasteiger partial charge on any atom is 0.269 e. The topological polar surface area (TPSA) is 130 Å². The summed E-state index contributed by atoms with van der Waals surface area (Å²) < 4.78 is 31.2. The van der Waals surface area contributed by atoms with Crippen molar-refractivity contribution in [2.75, 3.05) is 0 Å². The lowest BCUT2D eigenvalue weighted by Gasteiger charge is -2.12. The van der Waals surface area contributed by atoms with Crippen LogP contribution in [0.3, 0.4) is 0 Å². The van der Waals surface area contributed by atoms with Crippen LogP contribution in [0.5, 0.6) is 0 Å². The number of hydrogen-bond donors (Lipinski definition) is 0. The molecule has 0 bridgehead atoms. The number of hydrogen-bond acceptors (Lipinski definition) is 7.